The first-order valence-corrected chi connectivity index (χ1v) is 7.60. The summed E-state index contributed by atoms with van der Waals surface area (Å²) in [6.45, 7) is 8.05. The van der Waals surface area contributed by atoms with Crippen LogP contribution in [0, 0.1) is 12.3 Å². The molecule has 0 amide bonds. The first-order valence-electron chi connectivity index (χ1n) is 7.60. The quantitative estimate of drug-likeness (QED) is 0.883. The van der Waals surface area contributed by atoms with Gasteiger partial charge in [0.2, 0.25) is 0 Å². The van der Waals surface area contributed by atoms with Crippen LogP contribution in [0.3, 0.4) is 0 Å². The summed E-state index contributed by atoms with van der Waals surface area (Å²) in [6.07, 6.45) is 7.54. The largest absolute Gasteiger partial charge is 0.316 e. The first kappa shape index (κ1) is 13.1. The third-order valence-corrected chi connectivity index (χ3v) is 4.68. The molecule has 0 saturated carbocycles. The number of aromatic nitrogens is 1. The van der Waals surface area contributed by atoms with Crippen molar-refractivity contribution in [2.24, 2.45) is 5.41 Å². The molecule has 0 aliphatic carbocycles. The second-order valence-electron chi connectivity index (χ2n) is 6.40. The van der Waals surface area contributed by atoms with Crippen molar-refractivity contribution in [1.82, 2.24) is 15.2 Å². The minimum absolute atomic E-state index is 0.550. The number of aryl methyl sites for hydroxylation is 1. The Bertz CT molecular complexity index is 401. The molecule has 3 nitrogen and oxygen atoms in total. The molecule has 1 spiro atoms. The number of piperidine rings is 2. The van der Waals surface area contributed by atoms with Crippen LogP contribution in [0.2, 0.25) is 0 Å². The van der Waals surface area contributed by atoms with Gasteiger partial charge in [0.25, 0.3) is 0 Å². The van der Waals surface area contributed by atoms with Gasteiger partial charge in [-0.15, -0.1) is 0 Å². The van der Waals surface area contributed by atoms with Crippen LogP contribution < -0.4 is 5.32 Å². The van der Waals surface area contributed by atoms with Crippen LogP contribution in [0.4, 0.5) is 0 Å². The third-order valence-electron chi connectivity index (χ3n) is 4.68. The summed E-state index contributed by atoms with van der Waals surface area (Å²) in [5.41, 5.74) is 3.01. The van der Waals surface area contributed by atoms with Crippen LogP contribution in [0.5, 0.6) is 0 Å². The average molecular weight is 259 g/mol. The summed E-state index contributed by atoms with van der Waals surface area (Å²) < 4.78 is 0. The number of likely N-dealkylation sites (tertiary alicyclic amines) is 1. The summed E-state index contributed by atoms with van der Waals surface area (Å²) in [6, 6.07) is 4.35. The topological polar surface area (TPSA) is 28.2 Å². The highest BCUT2D eigenvalue weighted by Gasteiger charge is 2.36. The lowest BCUT2D eigenvalue weighted by Gasteiger charge is -2.45. The van der Waals surface area contributed by atoms with E-state index >= 15 is 0 Å². The molecule has 1 atom stereocenters. The zero-order valence-electron chi connectivity index (χ0n) is 12.0. The smallest absolute Gasteiger partial charge is 0.0372 e. The maximum Gasteiger partial charge on any atom is 0.0372 e. The van der Waals surface area contributed by atoms with Gasteiger partial charge in [0.15, 0.2) is 0 Å². The third kappa shape index (κ3) is 3.15. The molecular weight excluding hydrogens is 234 g/mol. The number of hydrogen-bond acceptors (Lipinski definition) is 3. The van der Waals surface area contributed by atoms with E-state index in [0.29, 0.717) is 5.41 Å². The van der Waals surface area contributed by atoms with Crippen LogP contribution in [0.15, 0.2) is 18.3 Å². The van der Waals surface area contributed by atoms with Crippen molar-refractivity contribution < 1.29 is 0 Å². The van der Waals surface area contributed by atoms with E-state index in [9.17, 15) is 0 Å². The Morgan fingerprint density at radius 3 is 2.95 bits per heavy atom. The predicted octanol–water partition coefficient (Wildman–Crippen LogP) is 2.36. The van der Waals surface area contributed by atoms with Gasteiger partial charge in [0.1, 0.15) is 0 Å². The van der Waals surface area contributed by atoms with Crippen molar-refractivity contribution in [2.75, 3.05) is 26.2 Å². The molecule has 0 radical (unpaired) electrons. The lowest BCUT2D eigenvalue weighted by atomic mass is 9.74. The minimum Gasteiger partial charge on any atom is -0.316 e. The monoisotopic (exact) mass is 259 g/mol. The first-order chi connectivity index (χ1) is 9.26. The van der Waals surface area contributed by atoms with E-state index < -0.39 is 0 Å². The Morgan fingerprint density at radius 2 is 2.21 bits per heavy atom. The van der Waals surface area contributed by atoms with E-state index in [1.54, 1.807) is 0 Å². The molecule has 3 heteroatoms. The number of pyridine rings is 1. The SMILES string of the molecule is Cc1ccc(CN2CCCC3(CCCNC3)C2)cn1. The van der Waals surface area contributed by atoms with Crippen molar-refractivity contribution >= 4 is 0 Å². The molecular formula is C16H25N3. The molecule has 1 N–H and O–H groups in total. The fourth-order valence-corrected chi connectivity index (χ4v) is 3.67. The Labute approximate surface area is 116 Å². The van der Waals surface area contributed by atoms with Gasteiger partial charge in [-0.2, -0.15) is 0 Å². The van der Waals surface area contributed by atoms with Gasteiger partial charge in [-0.25, -0.2) is 0 Å². The van der Waals surface area contributed by atoms with Crippen molar-refractivity contribution in [3.8, 4) is 0 Å². The zero-order valence-corrected chi connectivity index (χ0v) is 12.0. The molecule has 104 valence electrons. The van der Waals surface area contributed by atoms with Crippen molar-refractivity contribution in [2.45, 2.75) is 39.2 Å². The summed E-state index contributed by atoms with van der Waals surface area (Å²) in [7, 11) is 0. The Kier molecular flexibility index (Phi) is 3.85. The van der Waals surface area contributed by atoms with E-state index in [1.165, 1.54) is 57.4 Å². The molecule has 2 aliphatic rings. The molecule has 0 aromatic carbocycles. The number of hydrogen-bond donors (Lipinski definition) is 1. The minimum atomic E-state index is 0.550. The Morgan fingerprint density at radius 1 is 1.32 bits per heavy atom. The van der Waals surface area contributed by atoms with Gasteiger partial charge in [0.05, 0.1) is 0 Å². The molecule has 3 heterocycles. The molecule has 2 aliphatic heterocycles. The highest BCUT2D eigenvalue weighted by Crippen LogP contribution is 2.36. The zero-order chi connectivity index (χ0) is 13.1. The highest BCUT2D eigenvalue weighted by molar-refractivity contribution is 5.13. The maximum absolute atomic E-state index is 4.41. The standard InChI is InChI=1S/C16H25N3/c1-14-4-5-15(10-18-14)11-19-9-3-7-16(13-19)6-2-8-17-12-16/h4-5,10,17H,2-3,6-9,11-13H2,1H3. The van der Waals surface area contributed by atoms with E-state index in [0.717, 1.165) is 12.2 Å². The number of rotatable bonds is 2. The van der Waals surface area contributed by atoms with E-state index in [4.69, 9.17) is 0 Å². The second kappa shape index (κ2) is 5.59. The second-order valence-corrected chi connectivity index (χ2v) is 6.40. The van der Waals surface area contributed by atoms with E-state index in [-0.39, 0.29) is 0 Å². The molecule has 3 rings (SSSR count). The maximum atomic E-state index is 4.41. The van der Waals surface area contributed by atoms with Crippen LogP contribution in [0.1, 0.15) is 36.9 Å². The van der Waals surface area contributed by atoms with Crippen molar-refractivity contribution in [3.63, 3.8) is 0 Å². The molecule has 2 saturated heterocycles. The Hall–Kier alpha value is -0.930. The molecule has 1 aromatic rings. The lowest BCUT2D eigenvalue weighted by molar-refractivity contribution is 0.0600. The molecule has 19 heavy (non-hydrogen) atoms. The molecule has 0 bridgehead atoms. The van der Waals surface area contributed by atoms with Crippen molar-refractivity contribution in [1.29, 1.82) is 0 Å². The molecule has 2 fully saturated rings. The van der Waals surface area contributed by atoms with Crippen LogP contribution >= 0.6 is 0 Å². The fraction of sp³-hybridized carbons (Fsp3) is 0.688. The number of nitrogens with one attached hydrogen (secondary N) is 1. The van der Waals surface area contributed by atoms with Gasteiger partial charge in [0, 0.05) is 31.5 Å². The summed E-state index contributed by atoms with van der Waals surface area (Å²) in [5.74, 6) is 0. The van der Waals surface area contributed by atoms with Gasteiger partial charge in [-0.1, -0.05) is 6.07 Å². The lowest BCUT2D eigenvalue weighted by Crippen LogP contribution is -2.50. The van der Waals surface area contributed by atoms with Crippen molar-refractivity contribution in [3.05, 3.63) is 29.6 Å². The average Bonchev–Trinajstić information content (AvgIpc) is 2.42. The van der Waals surface area contributed by atoms with Crippen LogP contribution in [-0.2, 0) is 6.54 Å². The van der Waals surface area contributed by atoms with Gasteiger partial charge >= 0.3 is 0 Å². The van der Waals surface area contributed by atoms with Crippen LogP contribution in [-0.4, -0.2) is 36.1 Å². The fourth-order valence-electron chi connectivity index (χ4n) is 3.67. The van der Waals surface area contributed by atoms with Gasteiger partial charge < -0.3 is 5.32 Å². The summed E-state index contributed by atoms with van der Waals surface area (Å²) in [5, 5.41) is 3.60. The van der Waals surface area contributed by atoms with E-state index in [1.807, 2.05) is 13.1 Å². The Balaban J connectivity index is 1.63. The predicted molar refractivity (Wildman–Crippen MR) is 78.0 cm³/mol. The summed E-state index contributed by atoms with van der Waals surface area (Å²) >= 11 is 0. The van der Waals surface area contributed by atoms with E-state index in [2.05, 4.69) is 27.3 Å². The van der Waals surface area contributed by atoms with Crippen LogP contribution in [0.25, 0.3) is 0 Å². The molecule has 1 unspecified atom stereocenters. The summed E-state index contributed by atoms with van der Waals surface area (Å²) in [4.78, 5) is 7.04. The number of nitrogens with zero attached hydrogens (tertiary/aromatic N) is 2. The normalized spacial score (nSPS) is 28.7. The van der Waals surface area contributed by atoms with Gasteiger partial charge in [-0.05, 0) is 62.7 Å². The molecule has 1 aromatic heterocycles. The highest BCUT2D eigenvalue weighted by atomic mass is 15.1. The van der Waals surface area contributed by atoms with Gasteiger partial charge in [-0.3, -0.25) is 9.88 Å².